The van der Waals surface area contributed by atoms with E-state index in [9.17, 15) is 24.3 Å². The van der Waals surface area contributed by atoms with Gasteiger partial charge in [-0.1, -0.05) is 90.1 Å². The van der Waals surface area contributed by atoms with Crippen LogP contribution in [0.1, 0.15) is 78.2 Å². The van der Waals surface area contributed by atoms with Crippen molar-refractivity contribution in [2.75, 3.05) is 12.3 Å². The Morgan fingerprint density at radius 3 is 2.27 bits per heavy atom. The van der Waals surface area contributed by atoms with Gasteiger partial charge in [-0.2, -0.15) is 0 Å². The molecule has 3 rings (SSSR count). The van der Waals surface area contributed by atoms with Gasteiger partial charge in [0.1, 0.15) is 12.1 Å². The highest BCUT2D eigenvalue weighted by Crippen LogP contribution is 2.32. The molecule has 3 amide bonds. The van der Waals surface area contributed by atoms with Gasteiger partial charge in [0.2, 0.25) is 17.7 Å². The number of ketones is 1. The molecule has 10 nitrogen and oxygen atoms in total. The average molecular weight is 645 g/mol. The number of aliphatic hydroxyl groups is 1. The molecule has 1 aliphatic carbocycles. The van der Waals surface area contributed by atoms with E-state index in [1.807, 2.05) is 58.0 Å². The zero-order valence-electron chi connectivity index (χ0n) is 27.3. The smallest absolute Gasteiger partial charge is 0.249 e. The van der Waals surface area contributed by atoms with Crippen molar-refractivity contribution in [3.8, 4) is 0 Å². The summed E-state index contributed by atoms with van der Waals surface area (Å²) in [6, 6.07) is 5.82. The second kappa shape index (κ2) is 18.1. The third-order valence-corrected chi connectivity index (χ3v) is 10.5. The van der Waals surface area contributed by atoms with Crippen LogP contribution in [0.4, 0.5) is 0 Å². The summed E-state index contributed by atoms with van der Waals surface area (Å²) in [6.07, 6.45) is 6.18. The van der Waals surface area contributed by atoms with Gasteiger partial charge in [-0.3, -0.25) is 24.5 Å². The monoisotopic (exact) mass is 644 g/mol. The number of Topliss-reactive ketones (excluding diaryl/α,β-unsaturated/α-hetero) is 1. The van der Waals surface area contributed by atoms with Crippen molar-refractivity contribution in [3.05, 3.63) is 35.9 Å². The molecule has 1 aromatic carbocycles. The lowest BCUT2D eigenvalue weighted by atomic mass is 9.79. The molecule has 45 heavy (non-hydrogen) atoms. The summed E-state index contributed by atoms with van der Waals surface area (Å²) in [5.74, 6) is -1.68. The molecule has 1 radical (unpaired) electrons. The largest absolute Gasteiger partial charge is 0.391 e. The van der Waals surface area contributed by atoms with Crippen molar-refractivity contribution in [2.24, 2.45) is 35.1 Å². The molecule has 0 spiro atoms. The molecular formula is C34H54N5O5S. The Bertz CT molecular complexity index is 1110. The summed E-state index contributed by atoms with van der Waals surface area (Å²) in [5.41, 5.74) is 13.3. The Hall–Kier alpha value is -2.31. The molecule has 7 atom stereocenters. The van der Waals surface area contributed by atoms with Gasteiger partial charge in [0, 0.05) is 30.7 Å². The number of hydrogen-bond acceptors (Lipinski definition) is 8. The minimum atomic E-state index is -1.07. The Kier molecular flexibility index (Phi) is 15.0. The predicted molar refractivity (Wildman–Crippen MR) is 178 cm³/mol. The predicted octanol–water partition coefficient (Wildman–Crippen LogP) is 2.32. The number of carbonyl (C=O) groups is 4. The van der Waals surface area contributed by atoms with Crippen LogP contribution in [0.25, 0.3) is 0 Å². The Balaban J connectivity index is 1.70. The van der Waals surface area contributed by atoms with E-state index in [2.05, 4.69) is 16.0 Å². The number of hydrogen-bond donors (Lipinski definition) is 5. The van der Waals surface area contributed by atoms with Crippen molar-refractivity contribution < 1.29 is 24.3 Å². The third kappa shape index (κ3) is 11.2. The van der Waals surface area contributed by atoms with Crippen LogP contribution in [0.2, 0.25) is 0 Å². The number of benzene rings is 1. The van der Waals surface area contributed by atoms with Gasteiger partial charge in [0.15, 0.2) is 5.78 Å². The molecule has 1 saturated carbocycles. The number of nitrogens with zero attached hydrogens (tertiary/aromatic N) is 1. The maximum atomic E-state index is 14.0. The minimum Gasteiger partial charge on any atom is -0.391 e. The highest BCUT2D eigenvalue weighted by Gasteiger charge is 2.42. The average Bonchev–Trinajstić information content (AvgIpc) is 3.03. The molecule has 1 heterocycles. The SMILES string of the molecule is CC(C)C(N)C(=O)NC(Cc1ccccc1)C(=O)NC(=O)C1[N]CCS[C@@H]1C(=O)C(C[C@H](O)[C@@H](N)CC1CCCCC1)C(C)C. The molecule has 2 aliphatic rings. The van der Waals surface area contributed by atoms with E-state index in [4.69, 9.17) is 11.5 Å². The third-order valence-electron chi connectivity index (χ3n) is 9.22. The van der Waals surface area contributed by atoms with Crippen LogP contribution in [0.3, 0.4) is 0 Å². The number of carbonyl (C=O) groups excluding carboxylic acids is 4. The van der Waals surface area contributed by atoms with E-state index in [0.717, 1.165) is 24.8 Å². The summed E-state index contributed by atoms with van der Waals surface area (Å²) in [7, 11) is 0. The molecule has 1 aromatic rings. The Labute approximate surface area is 273 Å². The first kappa shape index (κ1) is 37.2. The molecule has 1 aliphatic heterocycles. The zero-order valence-corrected chi connectivity index (χ0v) is 28.1. The van der Waals surface area contributed by atoms with Crippen molar-refractivity contribution in [1.82, 2.24) is 16.0 Å². The van der Waals surface area contributed by atoms with Gasteiger partial charge in [0.05, 0.1) is 17.4 Å². The topological polar surface area (TPSA) is 179 Å². The molecular weight excluding hydrogens is 590 g/mol. The lowest BCUT2D eigenvalue weighted by Gasteiger charge is -2.34. The summed E-state index contributed by atoms with van der Waals surface area (Å²) in [5, 5.41) is 19.9. The van der Waals surface area contributed by atoms with Crippen molar-refractivity contribution in [3.63, 3.8) is 0 Å². The van der Waals surface area contributed by atoms with Gasteiger partial charge in [-0.25, -0.2) is 5.32 Å². The zero-order chi connectivity index (χ0) is 33.1. The van der Waals surface area contributed by atoms with E-state index >= 15 is 0 Å². The molecule has 2 fully saturated rings. The first-order chi connectivity index (χ1) is 21.4. The van der Waals surface area contributed by atoms with Gasteiger partial charge >= 0.3 is 0 Å². The maximum Gasteiger partial charge on any atom is 0.249 e. The lowest BCUT2D eigenvalue weighted by molar-refractivity contribution is -0.137. The second-order valence-electron chi connectivity index (χ2n) is 13.5. The molecule has 251 valence electrons. The fourth-order valence-corrected chi connectivity index (χ4v) is 7.45. The fourth-order valence-electron chi connectivity index (χ4n) is 6.26. The van der Waals surface area contributed by atoms with Crippen molar-refractivity contribution in [1.29, 1.82) is 0 Å². The highest BCUT2D eigenvalue weighted by molar-refractivity contribution is 8.00. The quantitative estimate of drug-likeness (QED) is 0.193. The van der Waals surface area contributed by atoms with Crippen LogP contribution in [-0.4, -0.2) is 76.4 Å². The number of nitrogens with two attached hydrogens (primary N) is 2. The maximum absolute atomic E-state index is 14.0. The van der Waals surface area contributed by atoms with Crippen molar-refractivity contribution in [2.45, 2.75) is 115 Å². The van der Waals surface area contributed by atoms with E-state index < -0.39 is 59.2 Å². The number of nitrogens with one attached hydrogen (secondary N) is 2. The van der Waals surface area contributed by atoms with E-state index in [0.29, 0.717) is 18.2 Å². The molecule has 1 saturated heterocycles. The minimum absolute atomic E-state index is 0.0856. The molecule has 0 aromatic heterocycles. The summed E-state index contributed by atoms with van der Waals surface area (Å²) in [4.78, 5) is 53.8. The molecule has 0 bridgehead atoms. The number of amides is 3. The Morgan fingerprint density at radius 2 is 1.64 bits per heavy atom. The number of aliphatic hydroxyl groups excluding tert-OH is 1. The van der Waals surface area contributed by atoms with Crippen LogP contribution in [0.5, 0.6) is 0 Å². The summed E-state index contributed by atoms with van der Waals surface area (Å²) >= 11 is 1.36. The van der Waals surface area contributed by atoms with E-state index in [1.165, 1.54) is 31.0 Å². The van der Waals surface area contributed by atoms with Gasteiger partial charge in [0.25, 0.3) is 0 Å². The van der Waals surface area contributed by atoms with Crippen LogP contribution in [0, 0.1) is 23.7 Å². The highest BCUT2D eigenvalue weighted by atomic mass is 32.2. The lowest BCUT2D eigenvalue weighted by Crippen LogP contribution is -2.59. The van der Waals surface area contributed by atoms with Crippen LogP contribution in [0.15, 0.2) is 30.3 Å². The van der Waals surface area contributed by atoms with E-state index in [-0.39, 0.29) is 30.5 Å². The first-order valence-corrected chi connectivity index (χ1v) is 17.6. The normalized spacial score (nSPS) is 22.7. The van der Waals surface area contributed by atoms with Gasteiger partial charge < -0.3 is 21.9 Å². The number of rotatable bonds is 15. The standard InChI is InChI=1S/C34H54N5O5S/c1-20(2)24(19-27(40)25(35)17-22-11-7-5-8-12-22)30(41)31-29(37-15-16-45-31)34(44)39-32(42)26(18-23-13-9-6-10-14-23)38-33(43)28(36)21(3)4/h6,9-10,13-14,20-22,24-29,31,40H,5,7-8,11-12,15-19,35-36H2,1-4H3,(H,38,43)(H,39,42,44)/t24?,25-,26?,27-,28?,29?,31-/m0/s1. The van der Waals surface area contributed by atoms with Crippen LogP contribution < -0.4 is 27.4 Å². The summed E-state index contributed by atoms with van der Waals surface area (Å²) < 4.78 is 0. The number of imide groups is 1. The van der Waals surface area contributed by atoms with E-state index in [1.54, 1.807) is 0 Å². The van der Waals surface area contributed by atoms with Gasteiger partial charge in [-0.15, -0.1) is 11.8 Å². The first-order valence-electron chi connectivity index (χ1n) is 16.6. The van der Waals surface area contributed by atoms with Crippen LogP contribution in [-0.2, 0) is 25.6 Å². The fraction of sp³-hybridized carbons (Fsp3) is 0.706. The Morgan fingerprint density at radius 1 is 0.978 bits per heavy atom. The molecule has 4 unspecified atom stereocenters. The van der Waals surface area contributed by atoms with Gasteiger partial charge in [-0.05, 0) is 36.2 Å². The summed E-state index contributed by atoms with van der Waals surface area (Å²) in [6.45, 7) is 7.86. The van der Waals surface area contributed by atoms with Crippen LogP contribution >= 0.6 is 11.8 Å². The second-order valence-corrected chi connectivity index (χ2v) is 14.7. The molecule has 11 heteroatoms. The van der Waals surface area contributed by atoms with Crippen molar-refractivity contribution >= 4 is 35.3 Å². The number of thioether (sulfide) groups is 1. The molecule has 7 N–H and O–H groups in total.